The lowest BCUT2D eigenvalue weighted by Crippen LogP contribution is -2.43. The zero-order valence-electron chi connectivity index (χ0n) is 13.1. The number of hydrogen-bond acceptors (Lipinski definition) is 5. The molecule has 0 N–H and O–H groups in total. The Balaban J connectivity index is 1.59. The number of aryl methyl sites for hydroxylation is 1. The van der Waals surface area contributed by atoms with Gasteiger partial charge in [0.2, 0.25) is 11.8 Å². The van der Waals surface area contributed by atoms with Gasteiger partial charge in [-0.1, -0.05) is 30.3 Å². The van der Waals surface area contributed by atoms with E-state index in [4.69, 9.17) is 9.47 Å². The molecule has 1 saturated heterocycles. The van der Waals surface area contributed by atoms with Crippen LogP contribution in [0.5, 0.6) is 5.88 Å². The maximum atomic E-state index is 11.6. The van der Waals surface area contributed by atoms with Gasteiger partial charge in [0.25, 0.3) is 0 Å². The number of rotatable bonds is 5. The molecule has 1 aromatic heterocycles. The van der Waals surface area contributed by atoms with E-state index in [0.717, 1.165) is 16.8 Å². The summed E-state index contributed by atoms with van der Waals surface area (Å²) in [5.41, 5.74) is 2.76. The summed E-state index contributed by atoms with van der Waals surface area (Å²) in [6, 6.07) is 11.8. The van der Waals surface area contributed by atoms with Crippen LogP contribution in [0, 0.1) is 6.92 Å². The van der Waals surface area contributed by atoms with Gasteiger partial charge in [-0.15, -0.1) is 10.2 Å². The van der Waals surface area contributed by atoms with Gasteiger partial charge in [-0.25, -0.2) is 0 Å². The second-order valence-electron chi connectivity index (χ2n) is 5.37. The Morgan fingerprint density at radius 1 is 1.26 bits per heavy atom. The van der Waals surface area contributed by atoms with E-state index in [2.05, 4.69) is 10.2 Å². The van der Waals surface area contributed by atoms with E-state index in [9.17, 15) is 4.79 Å². The maximum Gasteiger partial charge on any atom is 0.248 e. The molecule has 1 fully saturated rings. The van der Waals surface area contributed by atoms with E-state index in [0.29, 0.717) is 32.2 Å². The van der Waals surface area contributed by atoms with Crippen molar-refractivity contribution in [1.29, 1.82) is 0 Å². The Bertz CT molecular complexity index is 676. The van der Waals surface area contributed by atoms with Gasteiger partial charge in [-0.3, -0.25) is 4.79 Å². The van der Waals surface area contributed by atoms with Gasteiger partial charge in [-0.05, 0) is 13.0 Å². The number of carbonyl (C=O) groups excluding carboxylic acids is 1. The van der Waals surface area contributed by atoms with Crippen LogP contribution in [0.15, 0.2) is 36.4 Å². The molecule has 0 saturated carbocycles. The van der Waals surface area contributed by atoms with E-state index in [-0.39, 0.29) is 12.5 Å². The van der Waals surface area contributed by atoms with Crippen molar-refractivity contribution in [2.24, 2.45) is 0 Å². The van der Waals surface area contributed by atoms with Gasteiger partial charge in [0.15, 0.2) is 0 Å². The Kier molecular flexibility index (Phi) is 4.83. The zero-order valence-corrected chi connectivity index (χ0v) is 13.1. The number of nitrogens with zero attached hydrogens (tertiary/aromatic N) is 3. The minimum absolute atomic E-state index is 0.00193. The molecule has 1 aliphatic heterocycles. The van der Waals surface area contributed by atoms with Gasteiger partial charge in [0, 0.05) is 17.7 Å². The second kappa shape index (κ2) is 7.19. The third-order valence-corrected chi connectivity index (χ3v) is 3.69. The van der Waals surface area contributed by atoms with E-state index in [1.54, 1.807) is 4.90 Å². The molecular weight excluding hydrogens is 294 g/mol. The zero-order chi connectivity index (χ0) is 16.1. The van der Waals surface area contributed by atoms with E-state index in [1.165, 1.54) is 0 Å². The van der Waals surface area contributed by atoms with Crippen LogP contribution in [0.1, 0.15) is 5.56 Å². The molecule has 0 radical (unpaired) electrons. The van der Waals surface area contributed by atoms with Crippen molar-refractivity contribution in [1.82, 2.24) is 15.1 Å². The summed E-state index contributed by atoms with van der Waals surface area (Å²) in [5.74, 6) is 0.507. The van der Waals surface area contributed by atoms with Gasteiger partial charge in [-0.2, -0.15) is 0 Å². The summed E-state index contributed by atoms with van der Waals surface area (Å²) < 4.78 is 10.8. The SMILES string of the molecule is Cc1cc(-c2ccccc2)nnc1OCCN1CCOCC1=O. The van der Waals surface area contributed by atoms with E-state index in [1.807, 2.05) is 43.3 Å². The summed E-state index contributed by atoms with van der Waals surface area (Å²) in [7, 11) is 0. The quantitative estimate of drug-likeness (QED) is 0.840. The average molecular weight is 313 g/mol. The van der Waals surface area contributed by atoms with Crippen LogP contribution in [0.3, 0.4) is 0 Å². The maximum absolute atomic E-state index is 11.6. The number of morpholine rings is 1. The first-order valence-electron chi connectivity index (χ1n) is 7.62. The Labute approximate surface area is 135 Å². The average Bonchev–Trinajstić information content (AvgIpc) is 2.59. The number of ether oxygens (including phenoxy) is 2. The number of hydrogen-bond donors (Lipinski definition) is 0. The van der Waals surface area contributed by atoms with Gasteiger partial charge in [0.05, 0.1) is 18.8 Å². The summed E-state index contributed by atoms with van der Waals surface area (Å²) in [6.45, 7) is 4.22. The monoisotopic (exact) mass is 313 g/mol. The molecule has 0 spiro atoms. The van der Waals surface area contributed by atoms with Crippen molar-refractivity contribution in [3.05, 3.63) is 42.0 Å². The van der Waals surface area contributed by atoms with E-state index >= 15 is 0 Å². The van der Waals surface area contributed by atoms with Crippen molar-refractivity contribution in [2.45, 2.75) is 6.92 Å². The number of amides is 1. The standard InChI is InChI=1S/C17H19N3O3/c1-13-11-15(14-5-3-2-4-6-14)18-19-17(13)23-10-8-20-7-9-22-12-16(20)21/h2-6,11H,7-10,12H2,1H3. The molecule has 1 aromatic carbocycles. The topological polar surface area (TPSA) is 64.6 Å². The second-order valence-corrected chi connectivity index (χ2v) is 5.37. The van der Waals surface area contributed by atoms with Crippen molar-refractivity contribution >= 4 is 5.91 Å². The first-order chi connectivity index (χ1) is 11.2. The fraction of sp³-hybridized carbons (Fsp3) is 0.353. The Morgan fingerprint density at radius 2 is 2.09 bits per heavy atom. The first-order valence-corrected chi connectivity index (χ1v) is 7.62. The highest BCUT2D eigenvalue weighted by molar-refractivity contribution is 5.77. The Morgan fingerprint density at radius 3 is 2.83 bits per heavy atom. The molecule has 0 unspecified atom stereocenters. The summed E-state index contributed by atoms with van der Waals surface area (Å²) in [4.78, 5) is 13.4. The highest BCUT2D eigenvalue weighted by Gasteiger charge is 2.18. The predicted molar refractivity (Wildman–Crippen MR) is 85.1 cm³/mol. The minimum atomic E-state index is 0.00193. The molecular formula is C17H19N3O3. The third-order valence-electron chi connectivity index (χ3n) is 3.69. The van der Waals surface area contributed by atoms with Crippen molar-refractivity contribution in [3.8, 4) is 17.1 Å². The number of aromatic nitrogens is 2. The lowest BCUT2D eigenvalue weighted by molar-refractivity contribution is -0.143. The molecule has 0 bridgehead atoms. The molecule has 3 rings (SSSR count). The number of carbonyl (C=O) groups is 1. The smallest absolute Gasteiger partial charge is 0.248 e. The normalized spacial score (nSPS) is 14.8. The van der Waals surface area contributed by atoms with Crippen LogP contribution < -0.4 is 4.74 Å². The summed E-state index contributed by atoms with van der Waals surface area (Å²) in [6.07, 6.45) is 0. The van der Waals surface area contributed by atoms with Crippen LogP contribution >= 0.6 is 0 Å². The highest BCUT2D eigenvalue weighted by atomic mass is 16.5. The van der Waals surface area contributed by atoms with Crippen molar-refractivity contribution in [3.63, 3.8) is 0 Å². The lowest BCUT2D eigenvalue weighted by Gasteiger charge is -2.26. The van der Waals surface area contributed by atoms with Gasteiger partial charge >= 0.3 is 0 Å². The minimum Gasteiger partial charge on any atom is -0.475 e. The van der Waals surface area contributed by atoms with Crippen LogP contribution in [0.4, 0.5) is 0 Å². The molecule has 1 aliphatic rings. The summed E-state index contributed by atoms with van der Waals surface area (Å²) >= 11 is 0. The predicted octanol–water partition coefficient (Wildman–Crippen LogP) is 1.69. The largest absolute Gasteiger partial charge is 0.475 e. The molecule has 6 heteroatoms. The van der Waals surface area contributed by atoms with Crippen LogP contribution in [0.2, 0.25) is 0 Å². The van der Waals surface area contributed by atoms with Crippen molar-refractivity contribution < 1.29 is 14.3 Å². The molecule has 23 heavy (non-hydrogen) atoms. The fourth-order valence-corrected chi connectivity index (χ4v) is 2.41. The van der Waals surface area contributed by atoms with Crippen LogP contribution in [-0.2, 0) is 9.53 Å². The fourth-order valence-electron chi connectivity index (χ4n) is 2.41. The van der Waals surface area contributed by atoms with Crippen LogP contribution in [0.25, 0.3) is 11.3 Å². The number of benzene rings is 1. The molecule has 1 amide bonds. The van der Waals surface area contributed by atoms with Gasteiger partial charge < -0.3 is 14.4 Å². The van der Waals surface area contributed by atoms with Gasteiger partial charge in [0.1, 0.15) is 13.2 Å². The summed E-state index contributed by atoms with van der Waals surface area (Å²) in [5, 5.41) is 8.37. The lowest BCUT2D eigenvalue weighted by atomic mass is 10.1. The molecule has 6 nitrogen and oxygen atoms in total. The molecule has 0 atom stereocenters. The molecule has 2 heterocycles. The molecule has 120 valence electrons. The molecule has 2 aromatic rings. The van der Waals surface area contributed by atoms with E-state index < -0.39 is 0 Å². The Hall–Kier alpha value is -2.47. The first kappa shape index (κ1) is 15.4. The van der Waals surface area contributed by atoms with Crippen molar-refractivity contribution in [2.75, 3.05) is 32.9 Å². The third kappa shape index (κ3) is 3.84. The highest BCUT2D eigenvalue weighted by Crippen LogP contribution is 2.21. The van der Waals surface area contributed by atoms with Crippen LogP contribution in [-0.4, -0.2) is 53.9 Å². The molecule has 0 aliphatic carbocycles.